The molecular weight excluding hydrogens is 600 g/mol. The summed E-state index contributed by atoms with van der Waals surface area (Å²) in [5.74, 6) is -0.521. The van der Waals surface area contributed by atoms with E-state index in [4.69, 9.17) is 25.2 Å². The van der Waals surface area contributed by atoms with E-state index in [2.05, 4.69) is 105 Å². The number of rotatable bonds is 15. The molecule has 6 atom stereocenters. The van der Waals surface area contributed by atoms with E-state index < -0.39 is 16.6 Å². The van der Waals surface area contributed by atoms with Crippen LogP contribution >= 0.6 is 11.6 Å². The molecule has 0 spiro atoms. The number of hydrogen-bond acceptors (Lipinski definition) is 4. The Bertz CT molecular complexity index is 1050. The minimum absolute atomic E-state index is 0.00947. The van der Waals surface area contributed by atoms with Crippen molar-refractivity contribution in [2.24, 2.45) is 11.8 Å². The Morgan fingerprint density at radius 3 is 2.07 bits per heavy atom. The number of carbonyl (C=O) groups excluding carboxylic acids is 1. The van der Waals surface area contributed by atoms with Crippen molar-refractivity contribution in [1.82, 2.24) is 0 Å². The maximum Gasteiger partial charge on any atom is 0.309 e. The zero-order valence-electron chi connectivity index (χ0n) is 30.4. The summed E-state index contributed by atoms with van der Waals surface area (Å²) in [5, 5.41) is 0.0433. The average Bonchev–Trinajstić information content (AvgIpc) is 3.23. The van der Waals surface area contributed by atoms with Crippen molar-refractivity contribution in [3.63, 3.8) is 0 Å². The van der Waals surface area contributed by atoms with Gasteiger partial charge in [-0.1, -0.05) is 104 Å². The Kier molecular flexibility index (Phi) is 14.5. The van der Waals surface area contributed by atoms with Crippen LogP contribution in [0, 0.1) is 11.8 Å². The van der Waals surface area contributed by atoms with Gasteiger partial charge >= 0.3 is 5.97 Å². The lowest BCUT2D eigenvalue weighted by atomic mass is 9.77. The summed E-state index contributed by atoms with van der Waals surface area (Å²) in [7, 11) is -2.56. The van der Waals surface area contributed by atoms with Crippen LogP contribution in [-0.2, 0) is 18.4 Å². The third kappa shape index (κ3) is 10.0. The summed E-state index contributed by atoms with van der Waals surface area (Å²) >= 11 is 7.23. The highest BCUT2D eigenvalue weighted by molar-refractivity contribution is 6.74. The first-order valence-electron chi connectivity index (χ1n) is 17.1. The number of halogens is 1. The van der Waals surface area contributed by atoms with Gasteiger partial charge in [0.2, 0.25) is 0 Å². The molecule has 1 aromatic carbocycles. The fraction of sp³-hybridized carbons (Fsp3) is 0.757. The van der Waals surface area contributed by atoms with E-state index in [1.165, 1.54) is 31.1 Å². The van der Waals surface area contributed by atoms with Crippen molar-refractivity contribution >= 4 is 34.2 Å². The Labute approximate surface area is 278 Å². The largest absolute Gasteiger partial charge is 0.469 e. The normalized spacial score (nSPS) is 23.2. The summed E-state index contributed by atoms with van der Waals surface area (Å²) in [6, 6.07) is 9.08. The molecule has 252 valence electrons. The van der Waals surface area contributed by atoms with Crippen molar-refractivity contribution in [3.05, 3.63) is 47.5 Å². The lowest BCUT2D eigenvalue weighted by Crippen LogP contribution is -2.45. The van der Waals surface area contributed by atoms with E-state index in [1.807, 2.05) is 13.0 Å². The van der Waals surface area contributed by atoms with Gasteiger partial charge in [-0.25, -0.2) is 0 Å². The highest BCUT2D eigenvalue weighted by Crippen LogP contribution is 2.52. The molecule has 1 aliphatic rings. The molecule has 1 aliphatic carbocycles. The molecule has 4 nitrogen and oxygen atoms in total. The number of methoxy groups -OCH3 is 1. The Balaban J connectivity index is 2.58. The van der Waals surface area contributed by atoms with Crippen LogP contribution in [0.25, 0.3) is 0 Å². The van der Waals surface area contributed by atoms with Crippen LogP contribution in [0.15, 0.2) is 36.4 Å². The second-order valence-electron chi connectivity index (χ2n) is 16.1. The fourth-order valence-electron chi connectivity index (χ4n) is 6.01. The lowest BCUT2D eigenvalue weighted by molar-refractivity contribution is -0.148. The van der Waals surface area contributed by atoms with Crippen LogP contribution in [0.2, 0.25) is 36.3 Å². The molecule has 0 aliphatic heterocycles. The standard InChI is InChI=1S/C37H65ClO4Si2/c1-14-16-18-20-29(35(39)40-9)34-30(38)26-32(42-44(12,13)37(6,7)8)33(34)28-24-22-27(23-25-28)31(21-19-17-15-2)41-43(10,11)36(3,4)5/h14,16,22-25,29-34H,15,17-21,26H2,1-13H3/t29?,30-,31?,32+,33-,34?/m0/s1. The van der Waals surface area contributed by atoms with Crippen LogP contribution < -0.4 is 0 Å². The van der Waals surface area contributed by atoms with E-state index in [9.17, 15) is 4.79 Å². The third-order valence-electron chi connectivity index (χ3n) is 10.8. The smallest absolute Gasteiger partial charge is 0.309 e. The van der Waals surface area contributed by atoms with Gasteiger partial charge in [0.1, 0.15) is 0 Å². The molecule has 0 saturated heterocycles. The van der Waals surface area contributed by atoms with Gasteiger partial charge in [-0.2, -0.15) is 0 Å². The predicted octanol–water partition coefficient (Wildman–Crippen LogP) is 11.6. The first-order chi connectivity index (χ1) is 20.3. The van der Waals surface area contributed by atoms with Crippen molar-refractivity contribution in [1.29, 1.82) is 0 Å². The quantitative estimate of drug-likeness (QED) is 0.0615. The summed E-state index contributed by atoms with van der Waals surface area (Å²) in [6.07, 6.45) is 11.1. The topological polar surface area (TPSA) is 44.8 Å². The minimum Gasteiger partial charge on any atom is -0.469 e. The van der Waals surface area contributed by atoms with E-state index in [0.717, 1.165) is 25.7 Å². The molecular formula is C37H65ClO4Si2. The van der Waals surface area contributed by atoms with Gasteiger partial charge in [0.05, 0.1) is 25.2 Å². The lowest BCUT2D eigenvalue weighted by Gasteiger charge is -2.41. The first-order valence-corrected chi connectivity index (χ1v) is 23.3. The zero-order chi connectivity index (χ0) is 33.5. The predicted molar refractivity (Wildman–Crippen MR) is 194 cm³/mol. The van der Waals surface area contributed by atoms with E-state index in [0.29, 0.717) is 6.42 Å². The summed E-state index contributed by atoms with van der Waals surface area (Å²) < 4.78 is 19.6. The summed E-state index contributed by atoms with van der Waals surface area (Å²) in [5.41, 5.74) is 2.44. The molecule has 0 radical (unpaired) electrons. The van der Waals surface area contributed by atoms with Gasteiger partial charge in [-0.05, 0) is 85.9 Å². The number of esters is 1. The van der Waals surface area contributed by atoms with Crippen molar-refractivity contribution in [2.75, 3.05) is 7.11 Å². The van der Waals surface area contributed by atoms with Crippen LogP contribution in [0.1, 0.15) is 123 Å². The van der Waals surface area contributed by atoms with Gasteiger partial charge < -0.3 is 13.6 Å². The molecule has 0 heterocycles. The number of benzene rings is 1. The highest BCUT2D eigenvalue weighted by atomic mass is 35.5. The van der Waals surface area contributed by atoms with Gasteiger partial charge in [0.15, 0.2) is 16.6 Å². The minimum atomic E-state index is -2.10. The van der Waals surface area contributed by atoms with E-state index in [1.54, 1.807) is 0 Å². The van der Waals surface area contributed by atoms with Crippen LogP contribution in [0.5, 0.6) is 0 Å². The molecule has 0 amide bonds. The molecule has 44 heavy (non-hydrogen) atoms. The first kappa shape index (κ1) is 39.3. The summed E-state index contributed by atoms with van der Waals surface area (Å²) in [6.45, 7) is 27.4. The van der Waals surface area contributed by atoms with Gasteiger partial charge in [-0.3, -0.25) is 4.79 Å². The van der Waals surface area contributed by atoms with Crippen molar-refractivity contribution in [2.45, 2.75) is 160 Å². The third-order valence-corrected chi connectivity index (χ3v) is 20.3. The Morgan fingerprint density at radius 2 is 1.57 bits per heavy atom. The zero-order valence-corrected chi connectivity index (χ0v) is 33.1. The van der Waals surface area contributed by atoms with Crippen LogP contribution in [-0.4, -0.2) is 41.2 Å². The number of carbonyl (C=O) groups is 1. The molecule has 2 rings (SSSR count). The number of allylic oxidation sites excluding steroid dienone is 2. The second-order valence-corrected chi connectivity index (χ2v) is 26.1. The van der Waals surface area contributed by atoms with Crippen molar-refractivity contribution < 1.29 is 18.4 Å². The van der Waals surface area contributed by atoms with Gasteiger partial charge in [0.25, 0.3) is 0 Å². The molecule has 1 saturated carbocycles. The Hall–Kier alpha value is -0.926. The molecule has 0 N–H and O–H groups in total. The molecule has 1 fully saturated rings. The fourth-order valence-corrected chi connectivity index (χ4v) is 9.19. The van der Waals surface area contributed by atoms with E-state index in [-0.39, 0.29) is 51.4 Å². The summed E-state index contributed by atoms with van der Waals surface area (Å²) in [4.78, 5) is 13.3. The van der Waals surface area contributed by atoms with Crippen LogP contribution in [0.4, 0.5) is 0 Å². The monoisotopic (exact) mass is 664 g/mol. The number of hydrogen-bond donors (Lipinski definition) is 0. The maximum absolute atomic E-state index is 13.3. The maximum atomic E-state index is 13.3. The molecule has 3 unspecified atom stereocenters. The van der Waals surface area contributed by atoms with Crippen molar-refractivity contribution in [3.8, 4) is 0 Å². The number of unbranched alkanes of at least 4 members (excludes halogenated alkanes) is 2. The molecule has 1 aromatic rings. The van der Waals surface area contributed by atoms with Gasteiger partial charge in [-0.15, -0.1) is 11.6 Å². The van der Waals surface area contributed by atoms with Gasteiger partial charge in [0, 0.05) is 11.3 Å². The van der Waals surface area contributed by atoms with Crippen LogP contribution in [0.3, 0.4) is 0 Å². The Morgan fingerprint density at radius 1 is 0.977 bits per heavy atom. The molecule has 0 aromatic heterocycles. The molecule has 7 heteroatoms. The number of alkyl halides is 1. The average molecular weight is 666 g/mol. The second kappa shape index (κ2) is 16.3. The van der Waals surface area contributed by atoms with E-state index >= 15 is 0 Å². The SMILES string of the molecule is CC=CCCC(C(=O)OC)C1[C@@H](c2ccc(C(CCCCC)O[Si](C)(C)C(C)(C)C)cc2)[C@H](O[Si](C)(C)C(C)(C)C)C[C@@H]1Cl. The highest BCUT2D eigenvalue weighted by Gasteiger charge is 2.52. The molecule has 0 bridgehead atoms. The number of ether oxygens (including phenoxy) is 1.